The van der Waals surface area contributed by atoms with E-state index in [4.69, 9.17) is 9.15 Å². The average molecular weight is 351 g/mol. The number of esters is 1. The number of aromatic amines is 1. The van der Waals surface area contributed by atoms with Crippen LogP contribution in [0.5, 0.6) is 0 Å². The fourth-order valence-electron chi connectivity index (χ4n) is 3.63. The van der Waals surface area contributed by atoms with Gasteiger partial charge in [0.15, 0.2) is 0 Å². The summed E-state index contributed by atoms with van der Waals surface area (Å²) in [6, 6.07) is 7.91. The van der Waals surface area contributed by atoms with Crippen LogP contribution in [0.3, 0.4) is 0 Å². The van der Waals surface area contributed by atoms with Gasteiger partial charge >= 0.3 is 5.97 Å². The minimum Gasteiger partial charge on any atom is -0.464 e. The summed E-state index contributed by atoms with van der Waals surface area (Å²) in [7, 11) is 0. The number of nitrogens with zero attached hydrogens (tertiary/aromatic N) is 1. The van der Waals surface area contributed by atoms with Crippen molar-refractivity contribution in [2.75, 3.05) is 11.9 Å². The lowest BCUT2D eigenvalue weighted by atomic mass is 9.81. The number of aromatic nitrogens is 2. The second kappa shape index (κ2) is 6.71. The lowest BCUT2D eigenvalue weighted by Crippen LogP contribution is -2.25. The van der Waals surface area contributed by atoms with E-state index >= 15 is 0 Å². The number of allylic oxidation sites excluding steroid dienone is 1. The van der Waals surface area contributed by atoms with Gasteiger partial charge in [0.1, 0.15) is 11.4 Å². The molecule has 1 aliphatic rings. The second-order valence-electron chi connectivity index (χ2n) is 6.31. The van der Waals surface area contributed by atoms with Gasteiger partial charge in [-0.1, -0.05) is 31.5 Å². The van der Waals surface area contributed by atoms with Crippen molar-refractivity contribution in [3.05, 3.63) is 59.1 Å². The highest BCUT2D eigenvalue weighted by Gasteiger charge is 2.36. The zero-order valence-electron chi connectivity index (χ0n) is 14.8. The van der Waals surface area contributed by atoms with Crippen molar-refractivity contribution in [1.82, 2.24) is 10.2 Å². The first-order valence-electron chi connectivity index (χ1n) is 8.91. The molecule has 3 heterocycles. The van der Waals surface area contributed by atoms with Crippen LogP contribution in [0.15, 0.2) is 52.4 Å². The number of rotatable bonds is 5. The third-order valence-corrected chi connectivity index (χ3v) is 4.69. The Hall–Kier alpha value is -3.02. The molecule has 0 fully saturated rings. The predicted molar refractivity (Wildman–Crippen MR) is 98.8 cm³/mol. The maximum Gasteiger partial charge on any atom is 0.336 e. The van der Waals surface area contributed by atoms with Crippen molar-refractivity contribution in [1.29, 1.82) is 0 Å². The van der Waals surface area contributed by atoms with E-state index in [2.05, 4.69) is 22.4 Å². The summed E-state index contributed by atoms with van der Waals surface area (Å²) in [6.07, 6.45) is 5.09. The number of nitrogens with one attached hydrogen (secondary N) is 2. The Morgan fingerprint density at radius 1 is 1.27 bits per heavy atom. The summed E-state index contributed by atoms with van der Waals surface area (Å²) in [5.41, 5.74) is 4.14. The Labute approximate surface area is 151 Å². The minimum absolute atomic E-state index is 0.291. The number of fused-ring (bicyclic) bond motifs is 2. The van der Waals surface area contributed by atoms with Crippen LogP contribution in [0, 0.1) is 0 Å². The van der Waals surface area contributed by atoms with Gasteiger partial charge in [-0.2, -0.15) is 5.10 Å². The highest BCUT2D eigenvalue weighted by Crippen LogP contribution is 2.44. The Morgan fingerprint density at radius 3 is 2.96 bits per heavy atom. The summed E-state index contributed by atoms with van der Waals surface area (Å²) in [6.45, 7) is 4.24. The molecular formula is C20H21N3O3. The van der Waals surface area contributed by atoms with E-state index < -0.39 is 0 Å². The zero-order chi connectivity index (χ0) is 18.1. The van der Waals surface area contributed by atoms with Crippen molar-refractivity contribution in [3.63, 3.8) is 0 Å². The van der Waals surface area contributed by atoms with Gasteiger partial charge in [0.2, 0.25) is 0 Å². The molecule has 0 amide bonds. The lowest BCUT2D eigenvalue weighted by Gasteiger charge is -2.28. The van der Waals surface area contributed by atoms with Crippen molar-refractivity contribution in [2.24, 2.45) is 0 Å². The molecule has 1 unspecified atom stereocenters. The van der Waals surface area contributed by atoms with Gasteiger partial charge in [0.05, 0.1) is 30.6 Å². The number of hydrogen-bond donors (Lipinski definition) is 2. The smallest absolute Gasteiger partial charge is 0.336 e. The second-order valence-corrected chi connectivity index (χ2v) is 6.31. The molecule has 0 radical (unpaired) electrons. The fraction of sp³-hybridized carbons (Fsp3) is 0.300. The summed E-state index contributed by atoms with van der Waals surface area (Å²) < 4.78 is 11.1. The number of hydrogen-bond acceptors (Lipinski definition) is 5. The molecule has 0 spiro atoms. The first-order valence-corrected chi connectivity index (χ1v) is 8.91. The van der Waals surface area contributed by atoms with E-state index in [0.29, 0.717) is 12.2 Å². The summed E-state index contributed by atoms with van der Waals surface area (Å²) in [5.74, 6) is 0.222. The molecule has 4 rings (SSSR count). The van der Waals surface area contributed by atoms with Crippen LogP contribution in [0.25, 0.3) is 11.0 Å². The van der Waals surface area contributed by atoms with Gasteiger partial charge < -0.3 is 14.5 Å². The van der Waals surface area contributed by atoms with Gasteiger partial charge in [0, 0.05) is 22.2 Å². The van der Waals surface area contributed by atoms with Gasteiger partial charge in [0.25, 0.3) is 0 Å². The van der Waals surface area contributed by atoms with Crippen molar-refractivity contribution >= 4 is 22.8 Å². The van der Waals surface area contributed by atoms with Crippen molar-refractivity contribution in [3.8, 4) is 0 Å². The van der Waals surface area contributed by atoms with E-state index in [-0.39, 0.29) is 11.9 Å². The normalized spacial score (nSPS) is 16.5. The first kappa shape index (κ1) is 16.4. The van der Waals surface area contributed by atoms with Crippen LogP contribution in [0.2, 0.25) is 0 Å². The summed E-state index contributed by atoms with van der Waals surface area (Å²) in [4.78, 5) is 12.9. The monoisotopic (exact) mass is 351 g/mol. The lowest BCUT2D eigenvalue weighted by molar-refractivity contribution is -0.138. The number of ether oxygens (including phenoxy) is 1. The quantitative estimate of drug-likeness (QED) is 0.669. The highest BCUT2D eigenvalue weighted by atomic mass is 16.5. The van der Waals surface area contributed by atoms with Crippen LogP contribution in [-0.2, 0) is 9.53 Å². The van der Waals surface area contributed by atoms with Crippen LogP contribution in [0.4, 0.5) is 5.82 Å². The summed E-state index contributed by atoms with van der Waals surface area (Å²) >= 11 is 0. The van der Waals surface area contributed by atoms with Gasteiger partial charge in [-0.3, -0.25) is 5.10 Å². The third kappa shape index (κ3) is 2.58. The number of furan rings is 1. The van der Waals surface area contributed by atoms with E-state index in [0.717, 1.165) is 46.5 Å². The SMILES string of the molecule is CCCC1=C(C(=O)OCC)C(c2cccc3ccoc23)c2cn[nH]c2N1. The molecule has 1 aliphatic heterocycles. The number of benzene rings is 1. The number of anilines is 1. The molecule has 134 valence electrons. The molecule has 0 bridgehead atoms. The molecule has 6 heteroatoms. The number of para-hydroxylation sites is 1. The minimum atomic E-state index is -0.302. The molecular weight excluding hydrogens is 330 g/mol. The van der Waals surface area contributed by atoms with Gasteiger partial charge in [-0.25, -0.2) is 4.79 Å². The number of carbonyl (C=O) groups excluding carboxylic acids is 1. The van der Waals surface area contributed by atoms with Crippen molar-refractivity contribution in [2.45, 2.75) is 32.6 Å². The number of carbonyl (C=O) groups is 1. The molecule has 2 N–H and O–H groups in total. The standard InChI is InChI=1S/C20H21N3O3/c1-3-6-15-17(20(24)25-4-2)16(14-11-21-23-19(14)22-15)13-8-5-7-12-9-10-26-18(12)13/h5,7-11,16H,3-4,6H2,1-2H3,(H2,21,22,23). The molecule has 0 saturated heterocycles. The molecule has 6 nitrogen and oxygen atoms in total. The van der Waals surface area contributed by atoms with E-state index in [1.807, 2.05) is 31.2 Å². The largest absolute Gasteiger partial charge is 0.464 e. The Kier molecular flexibility index (Phi) is 4.24. The number of H-pyrrole nitrogens is 1. The molecule has 1 aromatic carbocycles. The highest BCUT2D eigenvalue weighted by molar-refractivity contribution is 5.96. The molecule has 2 aromatic heterocycles. The van der Waals surface area contributed by atoms with Crippen LogP contribution in [0.1, 0.15) is 43.7 Å². The van der Waals surface area contributed by atoms with E-state index in [1.165, 1.54) is 0 Å². The molecule has 26 heavy (non-hydrogen) atoms. The maximum atomic E-state index is 12.9. The molecule has 0 saturated carbocycles. The molecule has 3 aromatic rings. The Balaban J connectivity index is 1.96. The Morgan fingerprint density at radius 2 is 2.15 bits per heavy atom. The zero-order valence-corrected chi connectivity index (χ0v) is 14.8. The fourth-order valence-corrected chi connectivity index (χ4v) is 3.63. The van der Waals surface area contributed by atoms with Crippen LogP contribution >= 0.6 is 0 Å². The Bertz CT molecular complexity index is 983. The first-order chi connectivity index (χ1) is 12.7. The van der Waals surface area contributed by atoms with Gasteiger partial charge in [-0.05, 0) is 19.4 Å². The third-order valence-electron chi connectivity index (χ3n) is 4.69. The van der Waals surface area contributed by atoms with E-state index in [1.54, 1.807) is 12.5 Å². The summed E-state index contributed by atoms with van der Waals surface area (Å²) in [5, 5.41) is 11.5. The maximum absolute atomic E-state index is 12.9. The van der Waals surface area contributed by atoms with Crippen LogP contribution < -0.4 is 5.32 Å². The average Bonchev–Trinajstić information content (AvgIpc) is 3.29. The van der Waals surface area contributed by atoms with Crippen molar-refractivity contribution < 1.29 is 13.9 Å². The molecule has 0 aliphatic carbocycles. The van der Waals surface area contributed by atoms with Crippen LogP contribution in [-0.4, -0.2) is 22.8 Å². The van der Waals surface area contributed by atoms with E-state index in [9.17, 15) is 4.79 Å². The predicted octanol–water partition coefficient (Wildman–Crippen LogP) is 4.33. The van der Waals surface area contributed by atoms with Gasteiger partial charge in [-0.15, -0.1) is 0 Å². The topological polar surface area (TPSA) is 80.2 Å². The molecule has 1 atom stereocenters.